The molecule has 1 amide bonds. The number of nitrogens with two attached hydrogens (primary N) is 1. The highest BCUT2D eigenvalue weighted by Crippen LogP contribution is 2.33. The Bertz CT molecular complexity index is 483. The molecule has 21 heavy (non-hydrogen) atoms. The van der Waals surface area contributed by atoms with Gasteiger partial charge in [0.15, 0.2) is 0 Å². The summed E-state index contributed by atoms with van der Waals surface area (Å²) in [7, 11) is 0. The maximum absolute atomic E-state index is 12.3. The van der Waals surface area contributed by atoms with Crippen LogP contribution in [0.25, 0.3) is 0 Å². The molecule has 0 aromatic heterocycles. The summed E-state index contributed by atoms with van der Waals surface area (Å²) in [6.07, 6.45) is 3.03. The van der Waals surface area contributed by atoms with E-state index in [0.29, 0.717) is 35.5 Å². The van der Waals surface area contributed by atoms with E-state index in [4.69, 9.17) is 22.1 Å². The van der Waals surface area contributed by atoms with Crippen molar-refractivity contribution in [2.45, 2.75) is 26.2 Å². The minimum Gasteiger partial charge on any atom is -0.492 e. The zero-order chi connectivity index (χ0) is 14.5. The van der Waals surface area contributed by atoms with Crippen molar-refractivity contribution in [3.05, 3.63) is 23.2 Å². The van der Waals surface area contributed by atoms with Crippen LogP contribution in [0.4, 0.5) is 5.69 Å². The minimum absolute atomic E-state index is 0. The van der Waals surface area contributed by atoms with Gasteiger partial charge in [0, 0.05) is 11.6 Å². The van der Waals surface area contributed by atoms with Crippen LogP contribution >= 0.6 is 24.0 Å². The van der Waals surface area contributed by atoms with Gasteiger partial charge in [-0.3, -0.25) is 4.79 Å². The van der Waals surface area contributed by atoms with Crippen molar-refractivity contribution in [2.75, 3.05) is 18.5 Å². The number of rotatable bonds is 5. The number of amides is 1. The van der Waals surface area contributed by atoms with Crippen LogP contribution in [-0.4, -0.2) is 19.1 Å². The van der Waals surface area contributed by atoms with Crippen LogP contribution < -0.4 is 15.8 Å². The third kappa shape index (κ3) is 4.50. The number of carbonyl (C=O) groups excluding carboxylic acids is 1. The molecule has 1 fully saturated rings. The van der Waals surface area contributed by atoms with Crippen LogP contribution in [0, 0.1) is 11.8 Å². The van der Waals surface area contributed by atoms with E-state index in [-0.39, 0.29) is 24.2 Å². The molecule has 0 spiro atoms. The van der Waals surface area contributed by atoms with E-state index >= 15 is 0 Å². The Morgan fingerprint density at radius 2 is 2.24 bits per heavy atom. The maximum atomic E-state index is 12.3. The first-order valence-electron chi connectivity index (χ1n) is 7.09. The summed E-state index contributed by atoms with van der Waals surface area (Å²) in [6.45, 7) is 3.03. The second kappa shape index (κ2) is 8.47. The molecule has 0 heterocycles. The predicted octanol–water partition coefficient (Wildman–Crippen LogP) is 3.47. The Morgan fingerprint density at radius 1 is 1.48 bits per heavy atom. The predicted molar refractivity (Wildman–Crippen MR) is 88.4 cm³/mol. The molecule has 6 heteroatoms. The number of nitrogens with one attached hydrogen (secondary N) is 1. The molecule has 0 bridgehead atoms. The molecule has 1 saturated carbocycles. The van der Waals surface area contributed by atoms with Gasteiger partial charge in [0.05, 0.1) is 11.6 Å². The zero-order valence-electron chi connectivity index (χ0n) is 12.1. The highest BCUT2D eigenvalue weighted by molar-refractivity contribution is 6.32. The van der Waals surface area contributed by atoms with Crippen LogP contribution in [0.5, 0.6) is 5.75 Å². The topological polar surface area (TPSA) is 64.3 Å². The average Bonchev–Trinajstić information content (AvgIpc) is 2.90. The lowest BCUT2D eigenvalue weighted by atomic mass is 9.95. The molecule has 0 aliphatic heterocycles. The first kappa shape index (κ1) is 18.1. The first-order chi connectivity index (χ1) is 9.65. The fourth-order valence-electron chi connectivity index (χ4n) is 2.75. The third-order valence-corrected chi connectivity index (χ3v) is 4.09. The SMILES string of the molecule is CCOc1ccc(NC(=O)[C@@H]2CCC[C@@H]2CN)cc1Cl.Cl. The summed E-state index contributed by atoms with van der Waals surface area (Å²) in [5, 5.41) is 3.43. The summed E-state index contributed by atoms with van der Waals surface area (Å²) in [5.41, 5.74) is 6.42. The Balaban J connectivity index is 0.00000220. The van der Waals surface area contributed by atoms with E-state index in [0.717, 1.165) is 19.3 Å². The van der Waals surface area contributed by atoms with Crippen molar-refractivity contribution >= 4 is 35.6 Å². The van der Waals surface area contributed by atoms with Crippen molar-refractivity contribution in [2.24, 2.45) is 17.6 Å². The molecule has 1 aromatic rings. The Morgan fingerprint density at radius 3 is 2.86 bits per heavy atom. The first-order valence-corrected chi connectivity index (χ1v) is 7.46. The van der Waals surface area contributed by atoms with Gasteiger partial charge in [0.25, 0.3) is 0 Å². The number of ether oxygens (including phenoxy) is 1. The average molecular weight is 333 g/mol. The summed E-state index contributed by atoms with van der Waals surface area (Å²) >= 11 is 6.11. The molecule has 0 unspecified atom stereocenters. The molecule has 4 nitrogen and oxygen atoms in total. The van der Waals surface area contributed by atoms with Crippen LogP contribution in [0.15, 0.2) is 18.2 Å². The summed E-state index contributed by atoms with van der Waals surface area (Å²) < 4.78 is 5.37. The van der Waals surface area contributed by atoms with Crippen LogP contribution in [0.3, 0.4) is 0 Å². The molecule has 3 N–H and O–H groups in total. The van der Waals surface area contributed by atoms with Crippen molar-refractivity contribution in [3.63, 3.8) is 0 Å². The number of hydrogen-bond acceptors (Lipinski definition) is 3. The van der Waals surface area contributed by atoms with Gasteiger partial charge in [-0.15, -0.1) is 12.4 Å². The smallest absolute Gasteiger partial charge is 0.227 e. The van der Waals surface area contributed by atoms with Crippen molar-refractivity contribution in [1.82, 2.24) is 0 Å². The van der Waals surface area contributed by atoms with Gasteiger partial charge >= 0.3 is 0 Å². The molecule has 1 aliphatic rings. The lowest BCUT2D eigenvalue weighted by molar-refractivity contribution is -0.120. The third-order valence-electron chi connectivity index (χ3n) is 3.80. The fourth-order valence-corrected chi connectivity index (χ4v) is 2.99. The van der Waals surface area contributed by atoms with E-state index in [1.165, 1.54) is 0 Å². The van der Waals surface area contributed by atoms with E-state index < -0.39 is 0 Å². The van der Waals surface area contributed by atoms with E-state index in [1.807, 2.05) is 6.92 Å². The molecular formula is C15H22Cl2N2O2. The van der Waals surface area contributed by atoms with Crippen molar-refractivity contribution in [1.29, 1.82) is 0 Å². The normalized spacial score (nSPS) is 20.7. The van der Waals surface area contributed by atoms with Crippen molar-refractivity contribution in [3.8, 4) is 5.75 Å². The van der Waals surface area contributed by atoms with E-state index in [2.05, 4.69) is 5.32 Å². The molecular weight excluding hydrogens is 311 g/mol. The Hall–Kier alpha value is -0.970. The van der Waals surface area contributed by atoms with E-state index in [1.54, 1.807) is 18.2 Å². The minimum atomic E-state index is 0. The van der Waals surface area contributed by atoms with Gasteiger partial charge in [-0.1, -0.05) is 18.0 Å². The molecule has 2 atom stereocenters. The number of benzene rings is 1. The molecule has 118 valence electrons. The molecule has 2 rings (SSSR count). The number of carbonyl (C=O) groups is 1. The van der Waals surface area contributed by atoms with Crippen LogP contribution in [0.2, 0.25) is 5.02 Å². The van der Waals surface area contributed by atoms with Gasteiger partial charge in [0.2, 0.25) is 5.91 Å². The molecule has 0 saturated heterocycles. The molecule has 0 radical (unpaired) electrons. The standard InChI is InChI=1S/C15H21ClN2O2.ClH/c1-2-20-14-7-6-11(8-13(14)16)18-15(19)12-5-3-4-10(12)9-17;/h6-8,10,12H,2-5,9,17H2,1H3,(H,18,19);1H/t10-,12-;/m1./s1. The zero-order valence-corrected chi connectivity index (χ0v) is 13.7. The summed E-state index contributed by atoms with van der Waals surface area (Å²) in [5.74, 6) is 0.990. The lowest BCUT2D eigenvalue weighted by Crippen LogP contribution is -2.29. The highest BCUT2D eigenvalue weighted by atomic mass is 35.5. The number of hydrogen-bond donors (Lipinski definition) is 2. The lowest BCUT2D eigenvalue weighted by Gasteiger charge is -2.17. The highest BCUT2D eigenvalue weighted by Gasteiger charge is 2.31. The van der Waals surface area contributed by atoms with Gasteiger partial charge < -0.3 is 15.8 Å². The second-order valence-corrected chi connectivity index (χ2v) is 5.51. The van der Waals surface area contributed by atoms with Crippen LogP contribution in [-0.2, 0) is 4.79 Å². The summed E-state index contributed by atoms with van der Waals surface area (Å²) in [4.78, 5) is 12.3. The van der Waals surface area contributed by atoms with Crippen molar-refractivity contribution < 1.29 is 9.53 Å². The van der Waals surface area contributed by atoms with Gasteiger partial charge in [-0.2, -0.15) is 0 Å². The maximum Gasteiger partial charge on any atom is 0.227 e. The largest absolute Gasteiger partial charge is 0.492 e. The fraction of sp³-hybridized carbons (Fsp3) is 0.533. The van der Waals surface area contributed by atoms with Gasteiger partial charge in [0.1, 0.15) is 5.75 Å². The number of halogens is 2. The number of anilines is 1. The summed E-state index contributed by atoms with van der Waals surface area (Å²) in [6, 6.07) is 5.30. The molecule has 1 aliphatic carbocycles. The van der Waals surface area contributed by atoms with E-state index in [9.17, 15) is 4.79 Å². The van der Waals surface area contributed by atoms with Crippen LogP contribution in [0.1, 0.15) is 26.2 Å². The van der Waals surface area contributed by atoms with Gasteiger partial charge in [-0.25, -0.2) is 0 Å². The quantitative estimate of drug-likeness (QED) is 0.867. The Kier molecular flexibility index (Phi) is 7.29. The van der Waals surface area contributed by atoms with Gasteiger partial charge in [-0.05, 0) is 50.4 Å². The Labute approximate surface area is 136 Å². The molecule has 1 aromatic carbocycles. The second-order valence-electron chi connectivity index (χ2n) is 5.10. The monoisotopic (exact) mass is 332 g/mol.